The highest BCUT2D eigenvalue weighted by Crippen LogP contribution is 2.35. The predicted molar refractivity (Wildman–Crippen MR) is 126 cm³/mol. The Morgan fingerprint density at radius 1 is 1.15 bits per heavy atom. The van der Waals surface area contributed by atoms with E-state index in [4.69, 9.17) is 14.6 Å². The van der Waals surface area contributed by atoms with Gasteiger partial charge in [0.25, 0.3) is 11.1 Å². The number of aromatic carboxylic acids is 1. The Balaban J connectivity index is 1.77. The fourth-order valence-electron chi connectivity index (χ4n) is 2.87. The van der Waals surface area contributed by atoms with Crippen LogP contribution in [0.5, 0.6) is 5.75 Å². The molecule has 1 fully saturated rings. The summed E-state index contributed by atoms with van der Waals surface area (Å²) < 4.78 is 11.6. The number of hydrogen-bond donors (Lipinski definition) is 1. The summed E-state index contributed by atoms with van der Waals surface area (Å²) in [6.07, 6.45) is 1.18. The van der Waals surface area contributed by atoms with Crippen molar-refractivity contribution in [3.05, 3.63) is 68.5 Å². The fourth-order valence-corrected chi connectivity index (χ4v) is 4.08. The first-order chi connectivity index (χ1) is 15.6. The minimum absolute atomic E-state index is 0.158. The highest BCUT2D eigenvalue weighted by molar-refractivity contribution is 9.10. The van der Waals surface area contributed by atoms with Gasteiger partial charge < -0.3 is 14.6 Å². The van der Waals surface area contributed by atoms with E-state index in [9.17, 15) is 19.2 Å². The second-order valence-corrected chi connectivity index (χ2v) is 9.19. The molecule has 0 aromatic heterocycles. The molecule has 2 amide bonds. The standard InChI is InChI=1S/C23H20BrNO7S/c1-13(2)32-20(26)11-25-21(27)19(33-23(25)30)10-16-9-17(24)7-8-18(16)31-12-14-3-5-15(6-4-14)22(28)29/h3-10,13H,11-12H2,1-2H3,(H,28,29)/b19-10+. The highest BCUT2D eigenvalue weighted by atomic mass is 79.9. The summed E-state index contributed by atoms with van der Waals surface area (Å²) in [5, 5.41) is 8.45. The van der Waals surface area contributed by atoms with Crippen LogP contribution in [0.15, 0.2) is 51.8 Å². The molecule has 3 rings (SSSR count). The van der Waals surface area contributed by atoms with Crippen LogP contribution >= 0.6 is 27.7 Å². The van der Waals surface area contributed by atoms with Crippen LogP contribution in [0.1, 0.15) is 35.3 Å². The zero-order chi connectivity index (χ0) is 24.1. The molecule has 1 aliphatic heterocycles. The molecule has 0 spiro atoms. The lowest BCUT2D eigenvalue weighted by molar-refractivity contribution is -0.149. The molecule has 1 N–H and O–H groups in total. The second-order valence-electron chi connectivity index (χ2n) is 7.28. The average Bonchev–Trinajstić information content (AvgIpc) is 3.00. The van der Waals surface area contributed by atoms with E-state index in [1.807, 2.05) is 0 Å². The van der Waals surface area contributed by atoms with E-state index in [1.54, 1.807) is 44.2 Å². The van der Waals surface area contributed by atoms with Gasteiger partial charge in [-0.2, -0.15) is 0 Å². The maximum Gasteiger partial charge on any atom is 0.335 e. The van der Waals surface area contributed by atoms with Crippen LogP contribution in [-0.4, -0.2) is 45.7 Å². The number of imide groups is 1. The SMILES string of the molecule is CC(C)OC(=O)CN1C(=O)S/C(=C/c2cc(Br)ccc2OCc2ccc(C(=O)O)cc2)C1=O. The summed E-state index contributed by atoms with van der Waals surface area (Å²) in [5.41, 5.74) is 1.50. The first-order valence-corrected chi connectivity index (χ1v) is 11.4. The van der Waals surface area contributed by atoms with Crippen LogP contribution < -0.4 is 4.74 Å². The van der Waals surface area contributed by atoms with E-state index in [0.717, 1.165) is 26.7 Å². The number of ether oxygens (including phenoxy) is 2. The third-order valence-corrected chi connectivity index (χ3v) is 5.78. The van der Waals surface area contributed by atoms with Crippen molar-refractivity contribution in [2.24, 2.45) is 0 Å². The van der Waals surface area contributed by atoms with Crippen molar-refractivity contribution in [3.63, 3.8) is 0 Å². The Labute approximate surface area is 202 Å². The number of carboxylic acids is 1. The van der Waals surface area contributed by atoms with Gasteiger partial charge in [-0.3, -0.25) is 19.3 Å². The lowest BCUT2D eigenvalue weighted by Gasteiger charge is -2.13. The largest absolute Gasteiger partial charge is 0.488 e. The molecule has 172 valence electrons. The third-order valence-electron chi connectivity index (χ3n) is 4.38. The molecular weight excluding hydrogens is 514 g/mol. The number of amides is 2. The molecule has 1 heterocycles. The van der Waals surface area contributed by atoms with Crippen LogP contribution in [0.25, 0.3) is 6.08 Å². The first-order valence-electron chi connectivity index (χ1n) is 9.83. The van der Waals surface area contributed by atoms with Gasteiger partial charge >= 0.3 is 11.9 Å². The number of benzene rings is 2. The molecule has 1 aliphatic rings. The van der Waals surface area contributed by atoms with Gasteiger partial charge in [0.1, 0.15) is 18.9 Å². The quantitative estimate of drug-likeness (QED) is 0.383. The Morgan fingerprint density at radius 2 is 1.85 bits per heavy atom. The number of esters is 1. The van der Waals surface area contributed by atoms with Crippen molar-refractivity contribution in [2.45, 2.75) is 26.6 Å². The van der Waals surface area contributed by atoms with Gasteiger partial charge in [0, 0.05) is 10.0 Å². The zero-order valence-corrected chi connectivity index (χ0v) is 20.1. The first kappa shape index (κ1) is 24.5. The predicted octanol–water partition coefficient (Wildman–Crippen LogP) is 4.71. The monoisotopic (exact) mass is 533 g/mol. The third kappa shape index (κ3) is 6.45. The molecule has 0 aliphatic carbocycles. The van der Waals surface area contributed by atoms with Gasteiger partial charge in [-0.15, -0.1) is 0 Å². The zero-order valence-electron chi connectivity index (χ0n) is 17.7. The van der Waals surface area contributed by atoms with Crippen LogP contribution in [0.3, 0.4) is 0 Å². The molecule has 10 heteroatoms. The molecule has 2 aromatic rings. The summed E-state index contributed by atoms with van der Waals surface area (Å²) in [6.45, 7) is 3.08. The van der Waals surface area contributed by atoms with Crippen molar-refractivity contribution in [2.75, 3.05) is 6.54 Å². The maximum absolute atomic E-state index is 12.7. The summed E-state index contributed by atoms with van der Waals surface area (Å²) in [6, 6.07) is 11.5. The molecule has 0 unspecified atom stereocenters. The molecule has 33 heavy (non-hydrogen) atoms. The fraction of sp³-hybridized carbons (Fsp3) is 0.217. The minimum Gasteiger partial charge on any atom is -0.488 e. The Bertz CT molecular complexity index is 1130. The van der Waals surface area contributed by atoms with Gasteiger partial charge in [0.2, 0.25) is 0 Å². The van der Waals surface area contributed by atoms with Crippen LogP contribution in [0, 0.1) is 0 Å². The molecule has 8 nitrogen and oxygen atoms in total. The minimum atomic E-state index is -1.01. The van der Waals surface area contributed by atoms with E-state index in [1.165, 1.54) is 18.2 Å². The van der Waals surface area contributed by atoms with Crippen molar-refractivity contribution in [1.82, 2.24) is 4.90 Å². The smallest absolute Gasteiger partial charge is 0.335 e. The van der Waals surface area contributed by atoms with Crippen LogP contribution in [-0.2, 0) is 20.9 Å². The van der Waals surface area contributed by atoms with Gasteiger partial charge in [-0.1, -0.05) is 28.1 Å². The van der Waals surface area contributed by atoms with E-state index >= 15 is 0 Å². The summed E-state index contributed by atoms with van der Waals surface area (Å²) in [7, 11) is 0. The Morgan fingerprint density at radius 3 is 2.48 bits per heavy atom. The molecule has 0 radical (unpaired) electrons. The number of thioether (sulfide) groups is 1. The topological polar surface area (TPSA) is 110 Å². The summed E-state index contributed by atoms with van der Waals surface area (Å²) >= 11 is 4.12. The van der Waals surface area contributed by atoms with Gasteiger partial charge in [-0.05, 0) is 67.6 Å². The van der Waals surface area contributed by atoms with Crippen molar-refractivity contribution in [1.29, 1.82) is 0 Å². The number of carbonyl (C=O) groups is 4. The molecular formula is C23H20BrNO7S. The van der Waals surface area contributed by atoms with E-state index in [-0.39, 0.29) is 23.2 Å². The molecule has 1 saturated heterocycles. The second kappa shape index (κ2) is 10.7. The molecule has 0 atom stereocenters. The average molecular weight is 534 g/mol. The highest BCUT2D eigenvalue weighted by Gasteiger charge is 2.37. The number of rotatable bonds is 8. The van der Waals surface area contributed by atoms with Gasteiger partial charge in [0.15, 0.2) is 0 Å². The Hall–Kier alpha value is -3.11. The van der Waals surface area contributed by atoms with Crippen LogP contribution in [0.2, 0.25) is 0 Å². The number of carboxylic acid groups (broad SMARTS) is 1. The van der Waals surface area contributed by atoms with E-state index < -0.39 is 29.6 Å². The normalized spacial score (nSPS) is 14.8. The van der Waals surface area contributed by atoms with Crippen molar-refractivity contribution < 1.29 is 33.8 Å². The lowest BCUT2D eigenvalue weighted by atomic mass is 10.1. The summed E-state index contributed by atoms with van der Waals surface area (Å²) in [4.78, 5) is 48.9. The molecule has 0 saturated carbocycles. The van der Waals surface area contributed by atoms with E-state index in [0.29, 0.717) is 11.3 Å². The van der Waals surface area contributed by atoms with E-state index in [2.05, 4.69) is 15.9 Å². The number of carbonyl (C=O) groups excluding carboxylic acids is 3. The lowest BCUT2D eigenvalue weighted by Crippen LogP contribution is -2.35. The summed E-state index contributed by atoms with van der Waals surface area (Å²) in [5.74, 6) is -1.79. The van der Waals surface area contributed by atoms with Crippen LogP contribution in [0.4, 0.5) is 4.79 Å². The molecule has 0 bridgehead atoms. The Kier molecular flexibility index (Phi) is 7.93. The van der Waals surface area contributed by atoms with Crippen molar-refractivity contribution in [3.8, 4) is 5.75 Å². The van der Waals surface area contributed by atoms with Gasteiger partial charge in [0.05, 0.1) is 16.6 Å². The maximum atomic E-state index is 12.7. The van der Waals surface area contributed by atoms with Gasteiger partial charge in [-0.25, -0.2) is 4.79 Å². The number of halogens is 1. The van der Waals surface area contributed by atoms with Crippen molar-refractivity contribution >= 4 is 56.9 Å². The molecule has 2 aromatic carbocycles. The number of hydrogen-bond acceptors (Lipinski definition) is 7. The number of nitrogens with zero attached hydrogens (tertiary/aromatic N) is 1.